The molecule has 116 valence electrons. The molecular weight excluding hydrogens is 272 g/mol. The van der Waals surface area contributed by atoms with Gasteiger partial charge in [-0.2, -0.15) is 0 Å². The molecule has 1 heterocycles. The van der Waals surface area contributed by atoms with Gasteiger partial charge >= 0.3 is 6.03 Å². The van der Waals surface area contributed by atoms with E-state index >= 15 is 0 Å². The molecule has 0 aromatic heterocycles. The number of rotatable bonds is 5. The van der Waals surface area contributed by atoms with Crippen LogP contribution >= 0.6 is 0 Å². The van der Waals surface area contributed by atoms with E-state index < -0.39 is 0 Å². The van der Waals surface area contributed by atoms with E-state index in [-0.39, 0.29) is 18.2 Å². The van der Waals surface area contributed by atoms with E-state index in [0.29, 0.717) is 17.2 Å². The van der Waals surface area contributed by atoms with Crippen molar-refractivity contribution in [3.63, 3.8) is 0 Å². The number of hydrogen-bond donors (Lipinski definition) is 2. The van der Waals surface area contributed by atoms with Crippen molar-refractivity contribution in [1.82, 2.24) is 5.32 Å². The summed E-state index contributed by atoms with van der Waals surface area (Å²) < 4.78 is 15.9. The molecule has 6 heteroatoms. The number of benzene rings is 1. The monoisotopic (exact) mass is 294 g/mol. The maximum atomic E-state index is 12.0. The van der Waals surface area contributed by atoms with Gasteiger partial charge in [0.15, 0.2) is 11.5 Å². The average molecular weight is 294 g/mol. The highest BCUT2D eigenvalue weighted by Gasteiger charge is 2.23. The Balaban J connectivity index is 1.92. The van der Waals surface area contributed by atoms with Crippen LogP contribution in [0.3, 0.4) is 0 Å². The molecule has 0 radical (unpaired) electrons. The topological polar surface area (TPSA) is 68.8 Å². The minimum Gasteiger partial charge on any atom is -0.493 e. The van der Waals surface area contributed by atoms with Gasteiger partial charge in [0, 0.05) is 18.4 Å². The lowest BCUT2D eigenvalue weighted by molar-refractivity contribution is 0.0868. The summed E-state index contributed by atoms with van der Waals surface area (Å²) in [4.78, 5) is 12.0. The van der Waals surface area contributed by atoms with Gasteiger partial charge in [-0.05, 0) is 31.9 Å². The summed E-state index contributed by atoms with van der Waals surface area (Å²) in [6.07, 6.45) is 2.13. The molecule has 1 saturated heterocycles. The zero-order chi connectivity index (χ0) is 15.2. The molecule has 0 unspecified atom stereocenters. The molecule has 2 amide bonds. The molecule has 1 fully saturated rings. The minimum atomic E-state index is -0.259. The zero-order valence-corrected chi connectivity index (χ0v) is 12.6. The lowest BCUT2D eigenvalue weighted by Gasteiger charge is -2.20. The molecule has 1 aliphatic heterocycles. The number of hydrogen-bond acceptors (Lipinski definition) is 4. The number of nitrogens with one attached hydrogen (secondary N) is 2. The molecule has 2 N–H and O–H groups in total. The van der Waals surface area contributed by atoms with Crippen LogP contribution in [0.1, 0.15) is 19.8 Å². The van der Waals surface area contributed by atoms with Crippen molar-refractivity contribution in [2.24, 2.45) is 0 Å². The molecule has 0 bridgehead atoms. The second-order valence-electron chi connectivity index (χ2n) is 5.01. The first-order valence-corrected chi connectivity index (χ1v) is 7.05. The summed E-state index contributed by atoms with van der Waals surface area (Å²) in [5, 5.41) is 5.67. The Morgan fingerprint density at radius 2 is 2.10 bits per heavy atom. The van der Waals surface area contributed by atoms with E-state index in [1.807, 2.05) is 6.92 Å². The fraction of sp³-hybridized carbons (Fsp3) is 0.533. The highest BCUT2D eigenvalue weighted by molar-refractivity contribution is 5.89. The highest BCUT2D eigenvalue weighted by Crippen LogP contribution is 2.29. The highest BCUT2D eigenvalue weighted by atomic mass is 16.5. The Morgan fingerprint density at radius 3 is 2.71 bits per heavy atom. The Bertz CT molecular complexity index is 487. The molecule has 1 aliphatic rings. The zero-order valence-electron chi connectivity index (χ0n) is 12.6. The average Bonchev–Trinajstić information content (AvgIpc) is 3.01. The van der Waals surface area contributed by atoms with Crippen molar-refractivity contribution in [3.8, 4) is 11.5 Å². The molecule has 0 spiro atoms. The van der Waals surface area contributed by atoms with Gasteiger partial charge in [0.1, 0.15) is 0 Å². The van der Waals surface area contributed by atoms with Gasteiger partial charge in [-0.25, -0.2) is 4.79 Å². The molecule has 0 saturated carbocycles. The van der Waals surface area contributed by atoms with E-state index in [1.165, 1.54) is 0 Å². The van der Waals surface area contributed by atoms with Crippen LogP contribution in [0.25, 0.3) is 0 Å². The van der Waals surface area contributed by atoms with Crippen LogP contribution in [0.2, 0.25) is 0 Å². The predicted octanol–water partition coefficient (Wildman–Crippen LogP) is 2.39. The summed E-state index contributed by atoms with van der Waals surface area (Å²) in [6.45, 7) is 2.72. The van der Waals surface area contributed by atoms with E-state index in [1.54, 1.807) is 32.4 Å². The maximum absolute atomic E-state index is 12.0. The summed E-state index contributed by atoms with van der Waals surface area (Å²) in [5.74, 6) is 1.19. The molecule has 2 atom stereocenters. The number of ether oxygens (including phenoxy) is 3. The summed E-state index contributed by atoms with van der Waals surface area (Å²) in [7, 11) is 3.13. The summed E-state index contributed by atoms with van der Waals surface area (Å²) >= 11 is 0. The Kier molecular flexibility index (Phi) is 5.27. The second kappa shape index (κ2) is 7.17. The van der Waals surface area contributed by atoms with Crippen LogP contribution in [0, 0.1) is 0 Å². The SMILES string of the molecule is COc1ccc(NC(=O)N[C@@H](C)[C@@H]2CCCO2)cc1OC. The maximum Gasteiger partial charge on any atom is 0.319 e. The normalized spacial score (nSPS) is 18.9. The van der Waals surface area contributed by atoms with Crippen LogP contribution < -0.4 is 20.1 Å². The van der Waals surface area contributed by atoms with Crippen molar-refractivity contribution < 1.29 is 19.0 Å². The molecular formula is C15H22N2O4. The standard InChI is InChI=1S/C15H22N2O4/c1-10(12-5-4-8-21-12)16-15(18)17-11-6-7-13(19-2)14(9-11)20-3/h6-7,9-10,12H,4-5,8H2,1-3H3,(H2,16,17,18)/t10-,12-/m0/s1. The van der Waals surface area contributed by atoms with E-state index in [9.17, 15) is 4.79 Å². The molecule has 0 aliphatic carbocycles. The first kappa shape index (κ1) is 15.4. The number of urea groups is 1. The van der Waals surface area contributed by atoms with Gasteiger partial charge in [0.25, 0.3) is 0 Å². The first-order chi connectivity index (χ1) is 10.1. The van der Waals surface area contributed by atoms with Crippen LogP contribution in [-0.4, -0.2) is 39.0 Å². The predicted molar refractivity (Wildman–Crippen MR) is 80.1 cm³/mol. The van der Waals surface area contributed by atoms with Crippen LogP contribution in [0.15, 0.2) is 18.2 Å². The van der Waals surface area contributed by atoms with Crippen molar-refractivity contribution in [1.29, 1.82) is 0 Å². The molecule has 1 aromatic carbocycles. The van der Waals surface area contributed by atoms with Gasteiger partial charge in [-0.1, -0.05) is 0 Å². The van der Waals surface area contributed by atoms with Gasteiger partial charge in [-0.3, -0.25) is 0 Å². The second-order valence-corrected chi connectivity index (χ2v) is 5.01. The Hall–Kier alpha value is -1.95. The molecule has 6 nitrogen and oxygen atoms in total. The van der Waals surface area contributed by atoms with Crippen molar-refractivity contribution in [3.05, 3.63) is 18.2 Å². The third-order valence-electron chi connectivity index (χ3n) is 3.52. The summed E-state index contributed by atoms with van der Waals surface area (Å²) in [6, 6.07) is 4.95. The summed E-state index contributed by atoms with van der Waals surface area (Å²) in [5.41, 5.74) is 0.643. The number of anilines is 1. The van der Waals surface area contributed by atoms with Gasteiger partial charge in [0.05, 0.1) is 26.4 Å². The number of carbonyl (C=O) groups excluding carboxylic acids is 1. The fourth-order valence-corrected chi connectivity index (χ4v) is 2.38. The lowest BCUT2D eigenvalue weighted by atomic mass is 10.1. The van der Waals surface area contributed by atoms with Crippen LogP contribution in [0.4, 0.5) is 10.5 Å². The molecule has 2 rings (SSSR count). The van der Waals surface area contributed by atoms with Crippen LogP contribution in [0.5, 0.6) is 11.5 Å². The van der Waals surface area contributed by atoms with Gasteiger partial charge < -0.3 is 24.8 Å². The fourth-order valence-electron chi connectivity index (χ4n) is 2.38. The largest absolute Gasteiger partial charge is 0.493 e. The van der Waals surface area contributed by atoms with E-state index in [2.05, 4.69) is 10.6 Å². The van der Waals surface area contributed by atoms with Gasteiger partial charge in [0.2, 0.25) is 0 Å². The van der Waals surface area contributed by atoms with Crippen molar-refractivity contribution >= 4 is 11.7 Å². The Labute approximate surface area is 124 Å². The third kappa shape index (κ3) is 4.01. The first-order valence-electron chi connectivity index (χ1n) is 7.05. The Morgan fingerprint density at radius 1 is 1.33 bits per heavy atom. The third-order valence-corrected chi connectivity index (χ3v) is 3.52. The van der Waals surface area contributed by atoms with Crippen molar-refractivity contribution in [2.45, 2.75) is 31.9 Å². The molecule has 1 aromatic rings. The number of amides is 2. The van der Waals surface area contributed by atoms with Gasteiger partial charge in [-0.15, -0.1) is 0 Å². The quantitative estimate of drug-likeness (QED) is 0.875. The lowest BCUT2D eigenvalue weighted by Crippen LogP contribution is -2.42. The minimum absolute atomic E-state index is 0.0207. The smallest absolute Gasteiger partial charge is 0.319 e. The van der Waals surface area contributed by atoms with Crippen LogP contribution in [-0.2, 0) is 4.74 Å². The number of methoxy groups -OCH3 is 2. The number of carbonyl (C=O) groups is 1. The van der Waals surface area contributed by atoms with E-state index in [4.69, 9.17) is 14.2 Å². The molecule has 21 heavy (non-hydrogen) atoms. The van der Waals surface area contributed by atoms with E-state index in [0.717, 1.165) is 19.4 Å². The van der Waals surface area contributed by atoms with Crippen molar-refractivity contribution in [2.75, 3.05) is 26.1 Å².